The van der Waals surface area contributed by atoms with Crippen LogP contribution in [0.5, 0.6) is 0 Å². The van der Waals surface area contributed by atoms with Gasteiger partial charge in [-0.25, -0.2) is 4.98 Å². The highest BCUT2D eigenvalue weighted by molar-refractivity contribution is 7.20. The second kappa shape index (κ2) is 7.54. The molecule has 6 nitrogen and oxygen atoms in total. The van der Waals surface area contributed by atoms with Crippen molar-refractivity contribution in [3.8, 4) is 0 Å². The van der Waals surface area contributed by atoms with Gasteiger partial charge in [0.25, 0.3) is 11.5 Å². The zero-order valence-electron chi connectivity index (χ0n) is 17.5. The molecule has 0 fully saturated rings. The fourth-order valence-electron chi connectivity index (χ4n) is 4.67. The molecule has 5 rings (SSSR count). The van der Waals surface area contributed by atoms with Crippen LogP contribution >= 0.6 is 11.3 Å². The fourth-order valence-corrected chi connectivity index (χ4v) is 5.75. The van der Waals surface area contributed by atoms with Crippen molar-refractivity contribution in [2.24, 2.45) is 0 Å². The first kappa shape index (κ1) is 19.3. The van der Waals surface area contributed by atoms with E-state index in [1.165, 1.54) is 22.6 Å². The van der Waals surface area contributed by atoms with Gasteiger partial charge in [0.15, 0.2) is 0 Å². The van der Waals surface area contributed by atoms with E-state index in [0.29, 0.717) is 15.1 Å². The maximum atomic E-state index is 13.1. The van der Waals surface area contributed by atoms with Gasteiger partial charge < -0.3 is 10.2 Å². The SMILES string of the molecule is CCN1CCc2ccc(NC(=O)c3sc4nc5n(c(=O)c4c3C)CCCCC5)cc21. The van der Waals surface area contributed by atoms with E-state index in [1.807, 2.05) is 17.6 Å². The summed E-state index contributed by atoms with van der Waals surface area (Å²) in [6, 6.07) is 6.12. The molecule has 0 atom stereocenters. The number of nitrogens with zero attached hydrogens (tertiary/aromatic N) is 3. The van der Waals surface area contributed by atoms with Crippen LogP contribution in [0.1, 0.15) is 52.8 Å². The average molecular weight is 423 g/mol. The molecule has 3 aromatic rings. The van der Waals surface area contributed by atoms with Gasteiger partial charge in [0.2, 0.25) is 0 Å². The topological polar surface area (TPSA) is 67.2 Å². The van der Waals surface area contributed by atoms with Crippen molar-refractivity contribution in [1.82, 2.24) is 9.55 Å². The number of thiophene rings is 1. The molecular weight excluding hydrogens is 396 g/mol. The van der Waals surface area contributed by atoms with Crippen LogP contribution in [-0.4, -0.2) is 28.5 Å². The molecule has 7 heteroatoms. The zero-order valence-corrected chi connectivity index (χ0v) is 18.3. The number of hydrogen-bond acceptors (Lipinski definition) is 5. The summed E-state index contributed by atoms with van der Waals surface area (Å²) in [6.07, 6.45) is 5.06. The van der Waals surface area contributed by atoms with Gasteiger partial charge in [0.05, 0.1) is 10.3 Å². The van der Waals surface area contributed by atoms with Crippen molar-refractivity contribution in [3.05, 3.63) is 50.4 Å². The normalized spacial score (nSPS) is 15.7. The van der Waals surface area contributed by atoms with Crippen LogP contribution in [0.2, 0.25) is 0 Å². The van der Waals surface area contributed by atoms with Gasteiger partial charge in [-0.15, -0.1) is 11.3 Å². The number of aryl methyl sites for hydroxylation is 2. The van der Waals surface area contributed by atoms with Crippen molar-refractivity contribution < 1.29 is 4.79 Å². The highest BCUT2D eigenvalue weighted by Gasteiger charge is 2.23. The number of benzene rings is 1. The van der Waals surface area contributed by atoms with E-state index in [-0.39, 0.29) is 11.5 Å². The van der Waals surface area contributed by atoms with Crippen molar-refractivity contribution in [3.63, 3.8) is 0 Å². The number of hydrogen-bond donors (Lipinski definition) is 1. The minimum atomic E-state index is -0.170. The Kier molecular flexibility index (Phi) is 4.85. The molecular formula is C23H26N4O2S. The molecule has 156 valence electrons. The van der Waals surface area contributed by atoms with Crippen molar-refractivity contribution in [1.29, 1.82) is 0 Å². The number of likely N-dealkylation sites (N-methyl/N-ethyl adjacent to an activating group) is 1. The molecule has 2 aliphatic rings. The van der Waals surface area contributed by atoms with E-state index in [4.69, 9.17) is 4.98 Å². The largest absolute Gasteiger partial charge is 0.371 e. The van der Waals surface area contributed by atoms with Crippen molar-refractivity contribution >= 4 is 38.8 Å². The Labute approximate surface area is 179 Å². The summed E-state index contributed by atoms with van der Waals surface area (Å²) >= 11 is 1.33. The number of nitrogens with one attached hydrogen (secondary N) is 1. The van der Waals surface area contributed by atoms with Gasteiger partial charge in [-0.1, -0.05) is 12.5 Å². The maximum absolute atomic E-state index is 13.1. The van der Waals surface area contributed by atoms with Crippen LogP contribution < -0.4 is 15.8 Å². The maximum Gasteiger partial charge on any atom is 0.266 e. The molecule has 2 aliphatic heterocycles. The number of anilines is 2. The molecule has 30 heavy (non-hydrogen) atoms. The van der Waals surface area contributed by atoms with Crippen molar-refractivity contribution in [2.45, 2.75) is 52.5 Å². The van der Waals surface area contributed by atoms with Gasteiger partial charge in [0, 0.05) is 37.4 Å². The summed E-state index contributed by atoms with van der Waals surface area (Å²) < 4.78 is 1.82. The van der Waals surface area contributed by atoms with Gasteiger partial charge in [-0.05, 0) is 56.4 Å². The molecule has 0 saturated heterocycles. The summed E-state index contributed by atoms with van der Waals surface area (Å²) in [5, 5.41) is 3.64. The van der Waals surface area contributed by atoms with E-state index in [1.54, 1.807) is 0 Å². The molecule has 1 amide bonds. The predicted molar refractivity (Wildman–Crippen MR) is 122 cm³/mol. The Balaban J connectivity index is 1.49. The number of carbonyl (C=O) groups is 1. The quantitative estimate of drug-likeness (QED) is 0.689. The number of fused-ring (bicyclic) bond motifs is 3. The molecule has 0 aliphatic carbocycles. The lowest BCUT2D eigenvalue weighted by Crippen LogP contribution is -2.24. The summed E-state index contributed by atoms with van der Waals surface area (Å²) in [5.74, 6) is 0.688. The van der Waals surface area contributed by atoms with Crippen LogP contribution in [0.3, 0.4) is 0 Å². The molecule has 0 unspecified atom stereocenters. The zero-order chi connectivity index (χ0) is 20.8. The molecule has 0 bridgehead atoms. The first-order valence-corrected chi connectivity index (χ1v) is 11.6. The van der Waals surface area contributed by atoms with Gasteiger partial charge >= 0.3 is 0 Å². The molecule has 1 aromatic carbocycles. The van der Waals surface area contributed by atoms with Gasteiger partial charge in [-0.2, -0.15) is 0 Å². The van der Waals surface area contributed by atoms with E-state index in [2.05, 4.69) is 29.3 Å². The van der Waals surface area contributed by atoms with Crippen LogP contribution in [-0.2, 0) is 19.4 Å². The molecule has 1 N–H and O–H groups in total. The first-order chi connectivity index (χ1) is 14.6. The summed E-state index contributed by atoms with van der Waals surface area (Å²) in [5.41, 5.74) is 4.05. The highest BCUT2D eigenvalue weighted by atomic mass is 32.1. The van der Waals surface area contributed by atoms with Crippen molar-refractivity contribution in [2.75, 3.05) is 23.3 Å². The standard InChI is InChI=1S/C23H26N4O2S/c1-3-26-12-10-15-8-9-16(13-17(15)26)24-21(28)20-14(2)19-22(30-20)25-18-7-5-4-6-11-27(18)23(19)29/h8-9,13H,3-7,10-12H2,1-2H3,(H,24,28). The Morgan fingerprint density at radius 1 is 1.20 bits per heavy atom. The lowest BCUT2D eigenvalue weighted by atomic mass is 10.1. The Morgan fingerprint density at radius 3 is 2.90 bits per heavy atom. The third-order valence-corrected chi connectivity index (χ3v) is 7.52. The molecule has 2 aromatic heterocycles. The molecule has 0 spiro atoms. The smallest absolute Gasteiger partial charge is 0.266 e. The van der Waals surface area contributed by atoms with Crippen LogP contribution in [0, 0.1) is 6.92 Å². The third kappa shape index (κ3) is 3.12. The number of amides is 1. The molecule has 4 heterocycles. The van der Waals surface area contributed by atoms with Gasteiger partial charge in [0.1, 0.15) is 10.7 Å². The van der Waals surface area contributed by atoms with E-state index in [9.17, 15) is 9.59 Å². The fraction of sp³-hybridized carbons (Fsp3) is 0.435. The Hall–Kier alpha value is -2.67. The van der Waals surface area contributed by atoms with Crippen LogP contribution in [0.4, 0.5) is 11.4 Å². The van der Waals surface area contributed by atoms with E-state index < -0.39 is 0 Å². The lowest BCUT2D eigenvalue weighted by Gasteiger charge is -2.17. The van der Waals surface area contributed by atoms with Crippen LogP contribution in [0.25, 0.3) is 10.2 Å². The lowest BCUT2D eigenvalue weighted by molar-refractivity contribution is 0.103. The van der Waals surface area contributed by atoms with E-state index in [0.717, 1.165) is 68.8 Å². The Bertz CT molecular complexity index is 1210. The first-order valence-electron chi connectivity index (χ1n) is 10.8. The summed E-state index contributed by atoms with van der Waals surface area (Å²) in [4.78, 5) is 34.6. The predicted octanol–water partition coefficient (Wildman–Crippen LogP) is 4.13. The molecule has 0 radical (unpaired) electrons. The third-order valence-electron chi connectivity index (χ3n) is 6.33. The number of aromatic nitrogens is 2. The molecule has 0 saturated carbocycles. The van der Waals surface area contributed by atoms with E-state index >= 15 is 0 Å². The second-order valence-corrected chi connectivity index (χ2v) is 9.16. The highest BCUT2D eigenvalue weighted by Crippen LogP contribution is 2.32. The number of carbonyl (C=O) groups excluding carboxylic acids is 1. The van der Waals surface area contributed by atoms with Crippen LogP contribution in [0.15, 0.2) is 23.0 Å². The monoisotopic (exact) mass is 422 g/mol. The van der Waals surface area contributed by atoms with Gasteiger partial charge in [-0.3, -0.25) is 14.2 Å². The number of rotatable bonds is 3. The minimum absolute atomic E-state index is 0.000758. The summed E-state index contributed by atoms with van der Waals surface area (Å²) in [7, 11) is 0. The minimum Gasteiger partial charge on any atom is -0.371 e. The second-order valence-electron chi connectivity index (χ2n) is 8.16. The average Bonchev–Trinajstić information content (AvgIpc) is 3.20. The Morgan fingerprint density at radius 2 is 2.07 bits per heavy atom. The summed E-state index contributed by atoms with van der Waals surface area (Å²) in [6.45, 7) is 6.71.